The van der Waals surface area contributed by atoms with Crippen molar-refractivity contribution in [1.29, 1.82) is 0 Å². The molecule has 0 saturated carbocycles. The van der Waals surface area contributed by atoms with Crippen LogP contribution >= 0.6 is 11.6 Å². The van der Waals surface area contributed by atoms with Crippen LogP contribution in [-0.2, 0) is 4.79 Å². The largest absolute Gasteiger partial charge is 0.354 e. The third-order valence-electron chi connectivity index (χ3n) is 3.86. The number of halogens is 1. The minimum atomic E-state index is -0.502. The van der Waals surface area contributed by atoms with E-state index in [1.807, 2.05) is 12.1 Å². The number of aromatic amines is 1. The summed E-state index contributed by atoms with van der Waals surface area (Å²) in [5, 5.41) is 13.0. The van der Waals surface area contributed by atoms with Gasteiger partial charge in [-0.1, -0.05) is 23.7 Å². The first-order valence-corrected chi connectivity index (χ1v) is 7.91. The highest BCUT2D eigenvalue weighted by Crippen LogP contribution is 2.23. The second kappa shape index (κ2) is 6.83. The van der Waals surface area contributed by atoms with Crippen LogP contribution in [0.3, 0.4) is 0 Å². The van der Waals surface area contributed by atoms with Gasteiger partial charge in [0.05, 0.1) is 17.5 Å². The third kappa shape index (κ3) is 3.53. The molecule has 2 aromatic rings. The van der Waals surface area contributed by atoms with Gasteiger partial charge in [0, 0.05) is 17.1 Å². The molecule has 1 atom stereocenters. The lowest BCUT2D eigenvalue weighted by atomic mass is 10.1. The Labute approximate surface area is 138 Å². The van der Waals surface area contributed by atoms with Gasteiger partial charge in [-0.2, -0.15) is 5.10 Å². The fourth-order valence-corrected chi connectivity index (χ4v) is 2.73. The van der Waals surface area contributed by atoms with E-state index in [0.29, 0.717) is 29.2 Å². The van der Waals surface area contributed by atoms with Crippen molar-refractivity contribution in [1.82, 2.24) is 20.8 Å². The highest BCUT2D eigenvalue weighted by molar-refractivity contribution is 6.30. The number of aromatic nitrogens is 2. The van der Waals surface area contributed by atoms with Gasteiger partial charge in [-0.05, 0) is 31.4 Å². The zero-order valence-electron chi connectivity index (χ0n) is 12.4. The van der Waals surface area contributed by atoms with Crippen LogP contribution in [0, 0.1) is 0 Å². The molecule has 0 unspecified atom stereocenters. The third-order valence-corrected chi connectivity index (χ3v) is 4.11. The summed E-state index contributed by atoms with van der Waals surface area (Å²) in [6.45, 7) is 0.660. The van der Waals surface area contributed by atoms with Gasteiger partial charge < -0.3 is 10.6 Å². The Morgan fingerprint density at radius 1 is 1.26 bits per heavy atom. The summed E-state index contributed by atoms with van der Waals surface area (Å²) >= 11 is 5.89. The molecule has 1 aliphatic rings. The topological polar surface area (TPSA) is 86.9 Å². The number of hydrogen-bond donors (Lipinski definition) is 3. The van der Waals surface area contributed by atoms with Gasteiger partial charge in [-0.3, -0.25) is 14.7 Å². The summed E-state index contributed by atoms with van der Waals surface area (Å²) in [6.07, 6.45) is 3.94. The normalized spacial score (nSPS) is 18.1. The van der Waals surface area contributed by atoms with Gasteiger partial charge in [-0.15, -0.1) is 0 Å². The second-order valence-corrected chi connectivity index (χ2v) is 5.91. The van der Waals surface area contributed by atoms with E-state index in [4.69, 9.17) is 11.6 Å². The number of carbonyl (C=O) groups excluding carboxylic acids is 2. The molecule has 1 aliphatic heterocycles. The average Bonchev–Trinajstić information content (AvgIpc) is 2.95. The first-order chi connectivity index (χ1) is 11.1. The van der Waals surface area contributed by atoms with Crippen LogP contribution in [-0.4, -0.2) is 34.6 Å². The Kier molecular flexibility index (Phi) is 4.62. The molecule has 0 bridgehead atoms. The van der Waals surface area contributed by atoms with E-state index in [9.17, 15) is 9.59 Å². The van der Waals surface area contributed by atoms with Crippen molar-refractivity contribution >= 4 is 23.4 Å². The van der Waals surface area contributed by atoms with Crippen LogP contribution in [0.15, 0.2) is 30.5 Å². The maximum atomic E-state index is 12.5. The summed E-state index contributed by atoms with van der Waals surface area (Å²) in [5.74, 6) is -0.446. The zero-order valence-corrected chi connectivity index (χ0v) is 13.2. The summed E-state index contributed by atoms with van der Waals surface area (Å²) in [7, 11) is 0. The minimum absolute atomic E-state index is 0.132. The van der Waals surface area contributed by atoms with Crippen molar-refractivity contribution in [2.75, 3.05) is 6.54 Å². The molecule has 1 aromatic heterocycles. The number of nitrogens with one attached hydrogen (secondary N) is 3. The Bertz CT molecular complexity index is 711. The molecule has 1 aromatic carbocycles. The van der Waals surface area contributed by atoms with Crippen LogP contribution < -0.4 is 10.6 Å². The van der Waals surface area contributed by atoms with E-state index < -0.39 is 6.04 Å². The van der Waals surface area contributed by atoms with Crippen molar-refractivity contribution in [3.05, 3.63) is 41.0 Å². The molecule has 0 aliphatic carbocycles. The van der Waals surface area contributed by atoms with E-state index in [2.05, 4.69) is 20.8 Å². The molecule has 7 heteroatoms. The van der Waals surface area contributed by atoms with E-state index >= 15 is 0 Å². The average molecular weight is 333 g/mol. The van der Waals surface area contributed by atoms with Crippen molar-refractivity contribution in [2.24, 2.45) is 0 Å². The molecule has 3 N–H and O–H groups in total. The molecule has 6 nitrogen and oxygen atoms in total. The lowest BCUT2D eigenvalue weighted by molar-refractivity contribution is -0.122. The van der Waals surface area contributed by atoms with Gasteiger partial charge in [-0.25, -0.2) is 0 Å². The van der Waals surface area contributed by atoms with Crippen molar-refractivity contribution in [3.8, 4) is 11.3 Å². The number of H-pyrrole nitrogens is 1. The van der Waals surface area contributed by atoms with Crippen LogP contribution in [0.2, 0.25) is 5.02 Å². The molecule has 2 amide bonds. The lowest BCUT2D eigenvalue weighted by Gasteiger charge is -2.15. The monoisotopic (exact) mass is 332 g/mol. The molecule has 1 fully saturated rings. The molecule has 0 spiro atoms. The van der Waals surface area contributed by atoms with E-state index in [0.717, 1.165) is 18.4 Å². The van der Waals surface area contributed by atoms with E-state index in [-0.39, 0.29) is 11.8 Å². The van der Waals surface area contributed by atoms with Gasteiger partial charge >= 0.3 is 0 Å². The smallest absolute Gasteiger partial charge is 0.255 e. The fourth-order valence-electron chi connectivity index (χ4n) is 2.61. The molecule has 3 rings (SSSR count). The highest BCUT2D eigenvalue weighted by Gasteiger charge is 2.24. The summed E-state index contributed by atoms with van der Waals surface area (Å²) in [5.41, 5.74) is 1.82. The summed E-state index contributed by atoms with van der Waals surface area (Å²) in [6, 6.07) is 6.62. The van der Waals surface area contributed by atoms with Gasteiger partial charge in [0.1, 0.15) is 6.04 Å². The Hall–Kier alpha value is -2.34. The van der Waals surface area contributed by atoms with E-state index in [1.165, 1.54) is 6.20 Å². The number of amides is 2. The Morgan fingerprint density at radius 3 is 2.83 bits per heavy atom. The fraction of sp³-hybridized carbons (Fsp3) is 0.312. The van der Waals surface area contributed by atoms with Crippen LogP contribution in [0.5, 0.6) is 0 Å². The number of rotatable bonds is 3. The highest BCUT2D eigenvalue weighted by atomic mass is 35.5. The number of carbonyl (C=O) groups is 2. The lowest BCUT2D eigenvalue weighted by Crippen LogP contribution is -2.45. The van der Waals surface area contributed by atoms with Gasteiger partial charge in [0.2, 0.25) is 5.91 Å². The molecular formula is C16H17ClN4O2. The molecule has 2 heterocycles. The predicted molar refractivity (Wildman–Crippen MR) is 87.1 cm³/mol. The van der Waals surface area contributed by atoms with Crippen molar-refractivity contribution in [2.45, 2.75) is 25.3 Å². The Balaban J connectivity index is 1.79. The molecular weight excluding hydrogens is 316 g/mol. The number of benzene rings is 1. The summed E-state index contributed by atoms with van der Waals surface area (Å²) < 4.78 is 0. The molecule has 120 valence electrons. The number of hydrogen-bond acceptors (Lipinski definition) is 3. The van der Waals surface area contributed by atoms with Crippen LogP contribution in [0.25, 0.3) is 11.3 Å². The van der Waals surface area contributed by atoms with Crippen LogP contribution in [0.4, 0.5) is 0 Å². The van der Waals surface area contributed by atoms with Gasteiger partial charge in [0.25, 0.3) is 5.91 Å². The molecule has 0 radical (unpaired) electrons. The predicted octanol–water partition coefficient (Wildman–Crippen LogP) is 2.13. The molecule has 1 saturated heterocycles. The maximum Gasteiger partial charge on any atom is 0.255 e. The van der Waals surface area contributed by atoms with Crippen LogP contribution in [0.1, 0.15) is 29.6 Å². The van der Waals surface area contributed by atoms with Crippen molar-refractivity contribution < 1.29 is 9.59 Å². The second-order valence-electron chi connectivity index (χ2n) is 5.48. The minimum Gasteiger partial charge on any atom is -0.354 e. The van der Waals surface area contributed by atoms with Gasteiger partial charge in [0.15, 0.2) is 0 Å². The zero-order chi connectivity index (χ0) is 16.2. The maximum absolute atomic E-state index is 12.5. The first kappa shape index (κ1) is 15.6. The summed E-state index contributed by atoms with van der Waals surface area (Å²) in [4.78, 5) is 24.5. The SMILES string of the molecule is O=C(N[C@@H]1CCCCNC1=O)c1cn[nH]c1-c1ccc(Cl)cc1. The standard InChI is InChI=1S/C16H17ClN4O2/c17-11-6-4-10(5-7-11)14-12(9-19-21-14)15(22)20-13-3-1-2-8-18-16(13)23/h4-7,9,13H,1-3,8H2,(H,18,23)(H,19,21)(H,20,22)/t13-/m1/s1. The molecule has 23 heavy (non-hydrogen) atoms. The van der Waals surface area contributed by atoms with Crippen molar-refractivity contribution in [3.63, 3.8) is 0 Å². The number of nitrogens with zero attached hydrogens (tertiary/aromatic N) is 1. The quantitative estimate of drug-likeness (QED) is 0.804. The van der Waals surface area contributed by atoms with E-state index in [1.54, 1.807) is 12.1 Å². The first-order valence-electron chi connectivity index (χ1n) is 7.53. The Morgan fingerprint density at radius 2 is 2.04 bits per heavy atom.